The highest BCUT2D eigenvalue weighted by Gasteiger charge is 2.34. The second-order valence-electron chi connectivity index (χ2n) is 6.64. The summed E-state index contributed by atoms with van der Waals surface area (Å²) in [7, 11) is 0. The van der Waals surface area contributed by atoms with Crippen LogP contribution < -0.4 is 10.6 Å². The van der Waals surface area contributed by atoms with Gasteiger partial charge in [-0.3, -0.25) is 0 Å². The summed E-state index contributed by atoms with van der Waals surface area (Å²) in [5.41, 5.74) is 0.500. The van der Waals surface area contributed by atoms with E-state index in [4.69, 9.17) is 0 Å². The zero-order valence-electron chi connectivity index (χ0n) is 14.0. The van der Waals surface area contributed by atoms with Crippen molar-refractivity contribution in [3.63, 3.8) is 0 Å². The van der Waals surface area contributed by atoms with Crippen LogP contribution in [0.2, 0.25) is 0 Å². The SMILES string of the molecule is CCCNc1cc(NCC2(CC)CCC2)nc(C(C)C)n1. The van der Waals surface area contributed by atoms with Gasteiger partial charge in [0, 0.05) is 25.1 Å². The molecular weight excluding hydrogens is 260 g/mol. The number of nitrogens with zero attached hydrogens (tertiary/aromatic N) is 2. The van der Waals surface area contributed by atoms with Crippen LogP contribution in [0.5, 0.6) is 0 Å². The topological polar surface area (TPSA) is 49.8 Å². The van der Waals surface area contributed by atoms with Gasteiger partial charge in [0.25, 0.3) is 0 Å². The van der Waals surface area contributed by atoms with Gasteiger partial charge in [0.1, 0.15) is 17.5 Å². The molecule has 1 fully saturated rings. The molecule has 0 unspecified atom stereocenters. The Morgan fingerprint density at radius 2 is 1.81 bits per heavy atom. The van der Waals surface area contributed by atoms with Crippen molar-refractivity contribution in [3.05, 3.63) is 11.9 Å². The summed E-state index contributed by atoms with van der Waals surface area (Å²) in [4.78, 5) is 9.28. The molecule has 1 saturated carbocycles. The van der Waals surface area contributed by atoms with Crippen LogP contribution >= 0.6 is 0 Å². The smallest absolute Gasteiger partial charge is 0.135 e. The molecule has 118 valence electrons. The molecule has 0 aromatic carbocycles. The normalized spacial score (nSPS) is 16.6. The lowest BCUT2D eigenvalue weighted by atomic mass is 9.67. The number of hydrogen-bond donors (Lipinski definition) is 2. The summed E-state index contributed by atoms with van der Waals surface area (Å²) in [6.07, 6.45) is 6.42. The predicted molar refractivity (Wildman–Crippen MR) is 90.0 cm³/mol. The molecular formula is C17H30N4. The standard InChI is InChI=1S/C17H30N4/c1-5-10-18-14-11-15(21-16(20-14)13(3)4)19-12-17(6-2)8-7-9-17/h11,13H,5-10,12H2,1-4H3,(H2,18,19,20,21). The Morgan fingerprint density at radius 1 is 1.14 bits per heavy atom. The maximum Gasteiger partial charge on any atom is 0.135 e. The number of nitrogens with one attached hydrogen (secondary N) is 2. The van der Waals surface area contributed by atoms with E-state index in [2.05, 4.69) is 48.3 Å². The molecule has 2 rings (SSSR count). The van der Waals surface area contributed by atoms with Crippen LogP contribution in [-0.4, -0.2) is 23.1 Å². The van der Waals surface area contributed by atoms with Gasteiger partial charge in [-0.2, -0.15) is 0 Å². The second kappa shape index (κ2) is 7.10. The van der Waals surface area contributed by atoms with Crippen molar-refractivity contribution in [2.45, 2.75) is 65.7 Å². The van der Waals surface area contributed by atoms with E-state index in [9.17, 15) is 0 Å². The molecule has 2 N–H and O–H groups in total. The van der Waals surface area contributed by atoms with Gasteiger partial charge in [-0.25, -0.2) is 9.97 Å². The second-order valence-corrected chi connectivity index (χ2v) is 6.64. The lowest BCUT2D eigenvalue weighted by Crippen LogP contribution is -2.36. The van der Waals surface area contributed by atoms with Crippen molar-refractivity contribution in [1.29, 1.82) is 0 Å². The molecule has 0 bridgehead atoms. The molecule has 4 nitrogen and oxygen atoms in total. The zero-order valence-corrected chi connectivity index (χ0v) is 14.0. The third kappa shape index (κ3) is 4.08. The molecule has 21 heavy (non-hydrogen) atoms. The molecule has 0 radical (unpaired) electrons. The lowest BCUT2D eigenvalue weighted by molar-refractivity contribution is 0.145. The molecule has 1 aromatic heterocycles. The highest BCUT2D eigenvalue weighted by atomic mass is 15.1. The van der Waals surface area contributed by atoms with Crippen LogP contribution in [0.25, 0.3) is 0 Å². The van der Waals surface area contributed by atoms with Crippen molar-refractivity contribution in [2.24, 2.45) is 5.41 Å². The fourth-order valence-corrected chi connectivity index (χ4v) is 2.77. The first kappa shape index (κ1) is 16.1. The van der Waals surface area contributed by atoms with Crippen molar-refractivity contribution < 1.29 is 0 Å². The van der Waals surface area contributed by atoms with Crippen molar-refractivity contribution >= 4 is 11.6 Å². The van der Waals surface area contributed by atoms with E-state index < -0.39 is 0 Å². The molecule has 1 aliphatic rings. The van der Waals surface area contributed by atoms with Gasteiger partial charge in [0.2, 0.25) is 0 Å². The molecule has 0 saturated heterocycles. The van der Waals surface area contributed by atoms with Gasteiger partial charge in [-0.15, -0.1) is 0 Å². The fraction of sp³-hybridized carbons (Fsp3) is 0.765. The minimum atomic E-state index is 0.345. The lowest BCUT2D eigenvalue weighted by Gasteiger charge is -2.41. The molecule has 0 atom stereocenters. The van der Waals surface area contributed by atoms with E-state index in [1.54, 1.807) is 0 Å². The third-order valence-electron chi connectivity index (χ3n) is 4.62. The van der Waals surface area contributed by atoms with Crippen molar-refractivity contribution in [2.75, 3.05) is 23.7 Å². The van der Waals surface area contributed by atoms with Crippen LogP contribution in [0, 0.1) is 5.41 Å². The van der Waals surface area contributed by atoms with Crippen molar-refractivity contribution in [1.82, 2.24) is 9.97 Å². The first-order valence-electron chi connectivity index (χ1n) is 8.45. The van der Waals surface area contributed by atoms with Gasteiger partial charge >= 0.3 is 0 Å². The van der Waals surface area contributed by atoms with E-state index in [-0.39, 0.29) is 0 Å². The summed E-state index contributed by atoms with van der Waals surface area (Å²) < 4.78 is 0. The van der Waals surface area contributed by atoms with Gasteiger partial charge < -0.3 is 10.6 Å². The van der Waals surface area contributed by atoms with Crippen LogP contribution in [-0.2, 0) is 0 Å². The Kier molecular flexibility index (Phi) is 5.43. The van der Waals surface area contributed by atoms with Gasteiger partial charge in [-0.05, 0) is 31.1 Å². The predicted octanol–water partition coefficient (Wildman–Crippen LogP) is 4.41. The third-order valence-corrected chi connectivity index (χ3v) is 4.62. The van der Waals surface area contributed by atoms with E-state index in [1.165, 1.54) is 25.7 Å². The number of hydrogen-bond acceptors (Lipinski definition) is 4. The van der Waals surface area contributed by atoms with Gasteiger partial charge in [-0.1, -0.05) is 34.1 Å². The zero-order chi connectivity index (χ0) is 15.3. The van der Waals surface area contributed by atoms with Crippen LogP contribution in [0.15, 0.2) is 6.07 Å². The Bertz CT molecular complexity index is 447. The highest BCUT2D eigenvalue weighted by Crippen LogP contribution is 2.43. The monoisotopic (exact) mass is 290 g/mol. The number of rotatable bonds is 8. The minimum absolute atomic E-state index is 0.345. The molecule has 0 spiro atoms. The Labute approximate surface area is 129 Å². The highest BCUT2D eigenvalue weighted by molar-refractivity contribution is 5.48. The first-order valence-corrected chi connectivity index (χ1v) is 8.45. The Morgan fingerprint density at radius 3 is 2.29 bits per heavy atom. The van der Waals surface area contributed by atoms with E-state index in [0.717, 1.165) is 37.0 Å². The van der Waals surface area contributed by atoms with E-state index >= 15 is 0 Å². The van der Waals surface area contributed by atoms with Crippen LogP contribution in [0.1, 0.15) is 71.5 Å². The average Bonchev–Trinajstić information content (AvgIpc) is 2.44. The van der Waals surface area contributed by atoms with Gasteiger partial charge in [0.05, 0.1) is 0 Å². The molecule has 1 aliphatic carbocycles. The van der Waals surface area contributed by atoms with Crippen LogP contribution in [0.3, 0.4) is 0 Å². The number of anilines is 2. The maximum absolute atomic E-state index is 4.67. The van der Waals surface area contributed by atoms with E-state index in [1.807, 2.05) is 6.07 Å². The largest absolute Gasteiger partial charge is 0.370 e. The quantitative estimate of drug-likeness (QED) is 0.744. The first-order chi connectivity index (χ1) is 10.1. The van der Waals surface area contributed by atoms with E-state index in [0.29, 0.717) is 11.3 Å². The maximum atomic E-state index is 4.67. The molecule has 4 heteroatoms. The van der Waals surface area contributed by atoms with Crippen LogP contribution in [0.4, 0.5) is 11.6 Å². The van der Waals surface area contributed by atoms with Crippen molar-refractivity contribution in [3.8, 4) is 0 Å². The van der Waals surface area contributed by atoms with Gasteiger partial charge in [0.15, 0.2) is 0 Å². The summed E-state index contributed by atoms with van der Waals surface area (Å²) in [5.74, 6) is 3.17. The minimum Gasteiger partial charge on any atom is -0.370 e. The summed E-state index contributed by atoms with van der Waals surface area (Å²) in [5, 5.41) is 6.94. The number of aromatic nitrogens is 2. The summed E-state index contributed by atoms with van der Waals surface area (Å²) >= 11 is 0. The molecule has 0 aliphatic heterocycles. The average molecular weight is 290 g/mol. The molecule has 0 amide bonds. The fourth-order valence-electron chi connectivity index (χ4n) is 2.77. The summed E-state index contributed by atoms with van der Waals surface area (Å²) in [6, 6.07) is 2.05. The Hall–Kier alpha value is -1.32. The molecule has 1 heterocycles. The summed E-state index contributed by atoms with van der Waals surface area (Å²) in [6.45, 7) is 10.7. The Balaban J connectivity index is 2.07. The molecule has 1 aromatic rings.